The van der Waals surface area contributed by atoms with Crippen LogP contribution in [0.4, 0.5) is 4.79 Å². The lowest BCUT2D eigenvalue weighted by atomic mass is 10.3. The van der Waals surface area contributed by atoms with Gasteiger partial charge < -0.3 is 15.1 Å². The number of hydrogen-bond acceptors (Lipinski definition) is 5. The van der Waals surface area contributed by atoms with Gasteiger partial charge in [0.2, 0.25) is 0 Å². The molecule has 22 heavy (non-hydrogen) atoms. The van der Waals surface area contributed by atoms with E-state index in [0.717, 1.165) is 37.8 Å². The van der Waals surface area contributed by atoms with Crippen LogP contribution in [0, 0.1) is 0 Å². The van der Waals surface area contributed by atoms with Crippen LogP contribution >= 0.6 is 0 Å². The Bertz CT molecular complexity index is 523. The van der Waals surface area contributed by atoms with E-state index in [2.05, 4.69) is 32.8 Å². The molecule has 2 saturated carbocycles. The van der Waals surface area contributed by atoms with Crippen LogP contribution < -0.4 is 5.32 Å². The summed E-state index contributed by atoms with van der Waals surface area (Å²) >= 11 is 0. The molecule has 1 atom stereocenters. The van der Waals surface area contributed by atoms with Gasteiger partial charge in [-0.3, -0.25) is 0 Å². The number of amides is 2. The first-order chi connectivity index (χ1) is 10.6. The lowest BCUT2D eigenvalue weighted by molar-refractivity contribution is 0.195. The monoisotopic (exact) mass is 307 g/mol. The van der Waals surface area contributed by atoms with Crippen molar-refractivity contribution in [3.05, 3.63) is 5.82 Å². The SMILES string of the molecule is C[C@@H](NC(=O)N(C)CCN(C)C1CC1)c1nnnn1C1CC1. The van der Waals surface area contributed by atoms with Crippen molar-refractivity contribution in [2.75, 3.05) is 27.2 Å². The van der Waals surface area contributed by atoms with E-state index in [1.807, 2.05) is 18.7 Å². The van der Waals surface area contributed by atoms with Crippen molar-refractivity contribution >= 4 is 6.03 Å². The van der Waals surface area contributed by atoms with Crippen LogP contribution in [0.5, 0.6) is 0 Å². The van der Waals surface area contributed by atoms with Crippen molar-refractivity contribution in [2.45, 2.75) is 50.7 Å². The first-order valence-electron chi connectivity index (χ1n) is 8.06. The molecular weight excluding hydrogens is 282 g/mol. The van der Waals surface area contributed by atoms with Crippen LogP contribution in [0.2, 0.25) is 0 Å². The highest BCUT2D eigenvalue weighted by Gasteiger charge is 2.30. The van der Waals surface area contributed by atoms with Crippen molar-refractivity contribution < 1.29 is 4.79 Å². The molecule has 2 aliphatic rings. The van der Waals surface area contributed by atoms with Gasteiger partial charge in [0, 0.05) is 26.2 Å². The largest absolute Gasteiger partial charge is 0.328 e. The molecule has 0 aliphatic heterocycles. The highest BCUT2D eigenvalue weighted by atomic mass is 16.2. The molecule has 1 heterocycles. The van der Waals surface area contributed by atoms with E-state index in [1.165, 1.54) is 12.8 Å². The van der Waals surface area contributed by atoms with Crippen molar-refractivity contribution in [1.29, 1.82) is 0 Å². The molecule has 0 radical (unpaired) electrons. The first kappa shape index (κ1) is 15.2. The molecule has 3 rings (SSSR count). The fourth-order valence-electron chi connectivity index (χ4n) is 2.53. The quantitative estimate of drug-likeness (QED) is 0.806. The lowest BCUT2D eigenvalue weighted by Crippen LogP contribution is -2.42. The standard InChI is InChI=1S/C14H25N7O/c1-10(13-16-17-18-21(13)12-6-7-12)15-14(22)20(3)9-8-19(2)11-4-5-11/h10-12H,4-9H2,1-3H3,(H,15,22)/t10-/m1/s1. The lowest BCUT2D eigenvalue weighted by Gasteiger charge is -2.23. The Kier molecular flexibility index (Phi) is 4.28. The maximum absolute atomic E-state index is 12.3. The van der Waals surface area contributed by atoms with Gasteiger partial charge in [-0.25, -0.2) is 9.48 Å². The Morgan fingerprint density at radius 3 is 2.68 bits per heavy atom. The van der Waals surface area contributed by atoms with Gasteiger partial charge in [-0.2, -0.15) is 0 Å². The van der Waals surface area contributed by atoms with E-state index in [1.54, 1.807) is 4.90 Å². The summed E-state index contributed by atoms with van der Waals surface area (Å²) in [5.41, 5.74) is 0. The Balaban J connectivity index is 1.48. The highest BCUT2D eigenvalue weighted by molar-refractivity contribution is 5.74. The van der Waals surface area contributed by atoms with Gasteiger partial charge in [0.25, 0.3) is 0 Å². The Labute approximate surface area is 130 Å². The second-order valence-electron chi connectivity index (χ2n) is 6.52. The molecule has 1 aromatic heterocycles. The zero-order valence-electron chi connectivity index (χ0n) is 13.6. The number of rotatable bonds is 7. The highest BCUT2D eigenvalue weighted by Crippen LogP contribution is 2.35. The third-order valence-electron chi connectivity index (χ3n) is 4.44. The number of urea groups is 1. The number of tetrazole rings is 1. The second kappa shape index (κ2) is 6.20. The molecule has 122 valence electrons. The number of carbonyl (C=O) groups is 1. The van der Waals surface area contributed by atoms with Crippen LogP contribution in [0.15, 0.2) is 0 Å². The molecule has 2 aliphatic carbocycles. The minimum Gasteiger partial charge on any atom is -0.328 e. The molecule has 0 aromatic carbocycles. The van der Waals surface area contributed by atoms with Gasteiger partial charge in [0.05, 0.1) is 12.1 Å². The van der Waals surface area contributed by atoms with E-state index < -0.39 is 0 Å². The van der Waals surface area contributed by atoms with E-state index in [9.17, 15) is 4.79 Å². The van der Waals surface area contributed by atoms with Crippen molar-refractivity contribution in [2.24, 2.45) is 0 Å². The van der Waals surface area contributed by atoms with Crippen molar-refractivity contribution in [3.63, 3.8) is 0 Å². The predicted molar refractivity (Wildman–Crippen MR) is 81.3 cm³/mol. The number of carbonyl (C=O) groups excluding carboxylic acids is 1. The minimum atomic E-state index is -0.188. The van der Waals surface area contributed by atoms with Crippen LogP contribution in [-0.4, -0.2) is 69.3 Å². The minimum absolute atomic E-state index is 0.0814. The summed E-state index contributed by atoms with van der Waals surface area (Å²) < 4.78 is 1.84. The van der Waals surface area contributed by atoms with Crippen LogP contribution in [0.3, 0.4) is 0 Å². The third-order valence-corrected chi connectivity index (χ3v) is 4.44. The fourth-order valence-corrected chi connectivity index (χ4v) is 2.53. The third kappa shape index (κ3) is 3.55. The molecule has 8 nitrogen and oxygen atoms in total. The van der Waals surface area contributed by atoms with E-state index in [-0.39, 0.29) is 12.1 Å². The summed E-state index contributed by atoms with van der Waals surface area (Å²) in [6.45, 7) is 3.55. The maximum atomic E-state index is 12.3. The zero-order chi connectivity index (χ0) is 15.7. The van der Waals surface area contributed by atoms with Gasteiger partial charge in [-0.1, -0.05) is 0 Å². The maximum Gasteiger partial charge on any atom is 0.317 e. The topological polar surface area (TPSA) is 79.2 Å². The van der Waals surface area contributed by atoms with Crippen molar-refractivity contribution in [3.8, 4) is 0 Å². The van der Waals surface area contributed by atoms with Gasteiger partial charge in [-0.15, -0.1) is 5.10 Å². The van der Waals surface area contributed by atoms with Crippen LogP contribution in [0.25, 0.3) is 0 Å². The molecule has 8 heteroatoms. The van der Waals surface area contributed by atoms with E-state index in [0.29, 0.717) is 6.04 Å². The number of nitrogens with one attached hydrogen (secondary N) is 1. The average Bonchev–Trinajstić information content (AvgIpc) is 3.42. The van der Waals surface area contributed by atoms with E-state index >= 15 is 0 Å². The molecule has 0 saturated heterocycles. The average molecular weight is 307 g/mol. The van der Waals surface area contributed by atoms with Crippen molar-refractivity contribution in [1.82, 2.24) is 35.3 Å². The summed E-state index contributed by atoms with van der Waals surface area (Å²) in [6.07, 6.45) is 4.80. The Morgan fingerprint density at radius 1 is 1.32 bits per heavy atom. The summed E-state index contributed by atoms with van der Waals surface area (Å²) in [5, 5.41) is 14.8. The van der Waals surface area contributed by atoms with Crippen LogP contribution in [-0.2, 0) is 0 Å². The molecule has 0 spiro atoms. The van der Waals surface area contributed by atoms with Gasteiger partial charge >= 0.3 is 6.03 Å². The molecule has 1 N–H and O–H groups in total. The molecule has 0 unspecified atom stereocenters. The Hall–Kier alpha value is -1.70. The summed E-state index contributed by atoms with van der Waals surface area (Å²) in [4.78, 5) is 16.3. The normalized spacial score (nSPS) is 19.3. The smallest absolute Gasteiger partial charge is 0.317 e. The first-order valence-corrected chi connectivity index (χ1v) is 8.06. The molecule has 0 bridgehead atoms. The number of nitrogens with zero attached hydrogens (tertiary/aromatic N) is 6. The summed E-state index contributed by atoms with van der Waals surface area (Å²) in [7, 11) is 3.95. The molecule has 1 aromatic rings. The summed E-state index contributed by atoms with van der Waals surface area (Å²) in [6, 6.07) is 0.863. The fraction of sp³-hybridized carbons (Fsp3) is 0.857. The van der Waals surface area contributed by atoms with E-state index in [4.69, 9.17) is 0 Å². The second-order valence-corrected chi connectivity index (χ2v) is 6.52. The van der Waals surface area contributed by atoms with Gasteiger partial charge in [-0.05, 0) is 50.1 Å². The zero-order valence-corrected chi connectivity index (χ0v) is 13.6. The summed E-state index contributed by atoms with van der Waals surface area (Å²) in [5.74, 6) is 0.736. The number of aromatic nitrogens is 4. The van der Waals surface area contributed by atoms with Gasteiger partial charge in [0.1, 0.15) is 0 Å². The number of hydrogen-bond donors (Lipinski definition) is 1. The molecule has 2 fully saturated rings. The number of likely N-dealkylation sites (N-methyl/N-ethyl adjacent to an activating group) is 2. The Morgan fingerprint density at radius 2 is 2.05 bits per heavy atom. The predicted octanol–water partition coefficient (Wildman–Crippen LogP) is 0.805. The van der Waals surface area contributed by atoms with Gasteiger partial charge in [0.15, 0.2) is 5.82 Å². The molecule has 2 amide bonds. The molecular formula is C14H25N7O. The van der Waals surface area contributed by atoms with Crippen LogP contribution in [0.1, 0.15) is 50.5 Å².